The maximum absolute atomic E-state index is 12.1. The molecule has 2 aromatic rings. The third kappa shape index (κ3) is 2.24. The Hall–Kier alpha value is -1.81. The predicted octanol–water partition coefficient (Wildman–Crippen LogP) is -0.707. The molecule has 98 valence electrons. The van der Waals surface area contributed by atoms with Crippen molar-refractivity contribution in [3.63, 3.8) is 0 Å². The van der Waals surface area contributed by atoms with Crippen LogP contribution in [-0.4, -0.2) is 33.8 Å². The lowest BCUT2D eigenvalue weighted by Crippen LogP contribution is -2.25. The Morgan fingerprint density at radius 3 is 2.61 bits per heavy atom. The van der Waals surface area contributed by atoms with Crippen molar-refractivity contribution < 1.29 is 12.9 Å². The quantitative estimate of drug-likeness (QED) is 0.781. The lowest BCUT2D eigenvalue weighted by atomic mass is 10.4. The molecule has 0 saturated heterocycles. The molecular formula is C8H12N6O3S. The predicted molar refractivity (Wildman–Crippen MR) is 58.8 cm³/mol. The van der Waals surface area contributed by atoms with Crippen LogP contribution in [0.5, 0.6) is 0 Å². The van der Waals surface area contributed by atoms with E-state index in [-0.39, 0.29) is 17.2 Å². The minimum absolute atomic E-state index is 0.00407. The Balaban J connectivity index is 2.21. The van der Waals surface area contributed by atoms with Crippen molar-refractivity contribution >= 4 is 10.0 Å². The summed E-state index contributed by atoms with van der Waals surface area (Å²) in [5.74, 6) is 0.654. The van der Waals surface area contributed by atoms with Gasteiger partial charge in [-0.25, -0.2) is 17.8 Å². The smallest absolute Gasteiger partial charge is 0.246 e. The molecule has 0 unspecified atom stereocenters. The molecule has 9 nitrogen and oxygen atoms in total. The summed E-state index contributed by atoms with van der Waals surface area (Å²) in [4.78, 5) is 0.0534. The number of nitrogens with zero attached hydrogens (tertiary/aromatic N) is 5. The van der Waals surface area contributed by atoms with Crippen LogP contribution in [-0.2, 0) is 23.6 Å². The molecule has 0 saturated carbocycles. The van der Waals surface area contributed by atoms with E-state index in [1.54, 1.807) is 20.9 Å². The summed E-state index contributed by atoms with van der Waals surface area (Å²) in [6.07, 6.45) is 0. The molecule has 2 rings (SSSR count). The third-order valence-corrected chi connectivity index (χ3v) is 4.01. The summed E-state index contributed by atoms with van der Waals surface area (Å²) in [7, 11) is -2.06. The summed E-state index contributed by atoms with van der Waals surface area (Å²) >= 11 is 0. The summed E-state index contributed by atoms with van der Waals surface area (Å²) in [5.41, 5.74) is 0.316. The Morgan fingerprint density at radius 2 is 2.11 bits per heavy atom. The highest BCUT2D eigenvalue weighted by atomic mass is 32.2. The number of sulfonamides is 1. The van der Waals surface area contributed by atoms with Gasteiger partial charge in [0.25, 0.3) is 0 Å². The normalized spacial score (nSPS) is 11.9. The molecule has 0 spiro atoms. The molecule has 0 amide bonds. The number of nitrogens with one attached hydrogen (secondary N) is 1. The van der Waals surface area contributed by atoms with E-state index in [1.807, 2.05) is 0 Å². The van der Waals surface area contributed by atoms with Gasteiger partial charge in [-0.15, -0.1) is 5.10 Å². The van der Waals surface area contributed by atoms with Gasteiger partial charge in [0.15, 0.2) is 11.6 Å². The van der Waals surface area contributed by atoms with Gasteiger partial charge in [-0.05, 0) is 24.3 Å². The van der Waals surface area contributed by atoms with Crippen molar-refractivity contribution in [2.75, 3.05) is 0 Å². The molecule has 0 aliphatic carbocycles. The SMILES string of the molecule is Cc1noc(C)c1S(=O)(=O)NCc1nnnn1C. The molecule has 0 aliphatic heterocycles. The molecule has 2 aromatic heterocycles. The molecule has 0 radical (unpaired) electrons. The van der Waals surface area contributed by atoms with E-state index < -0.39 is 10.0 Å². The van der Waals surface area contributed by atoms with Crippen molar-refractivity contribution in [3.8, 4) is 0 Å². The van der Waals surface area contributed by atoms with E-state index >= 15 is 0 Å². The number of tetrazole rings is 1. The van der Waals surface area contributed by atoms with Crippen molar-refractivity contribution in [2.24, 2.45) is 7.05 Å². The summed E-state index contributed by atoms with van der Waals surface area (Å²) in [6.45, 7) is 3.10. The zero-order valence-electron chi connectivity index (χ0n) is 10.1. The molecule has 18 heavy (non-hydrogen) atoms. The molecule has 0 aromatic carbocycles. The Kier molecular flexibility index (Phi) is 3.13. The standard InChI is InChI=1S/C8H12N6O3S/c1-5-8(6(2)17-11-5)18(15,16)9-4-7-10-12-13-14(7)3/h9H,4H2,1-3H3. The number of aromatic nitrogens is 5. The first-order chi connectivity index (χ1) is 8.42. The van der Waals surface area contributed by atoms with Crippen LogP contribution in [0.3, 0.4) is 0 Å². The maximum atomic E-state index is 12.1. The first-order valence-corrected chi connectivity index (χ1v) is 6.54. The van der Waals surface area contributed by atoms with Crippen molar-refractivity contribution in [1.29, 1.82) is 0 Å². The van der Waals surface area contributed by atoms with Gasteiger partial charge in [0.1, 0.15) is 10.6 Å². The Morgan fingerprint density at radius 1 is 1.39 bits per heavy atom. The average Bonchev–Trinajstić information content (AvgIpc) is 2.83. The number of hydrogen-bond donors (Lipinski definition) is 1. The monoisotopic (exact) mass is 272 g/mol. The second-order valence-corrected chi connectivity index (χ2v) is 5.40. The van der Waals surface area contributed by atoms with Gasteiger partial charge in [0, 0.05) is 7.05 Å². The van der Waals surface area contributed by atoms with Gasteiger partial charge in [-0.3, -0.25) is 0 Å². The van der Waals surface area contributed by atoms with E-state index in [0.29, 0.717) is 11.5 Å². The highest BCUT2D eigenvalue weighted by Crippen LogP contribution is 2.18. The Labute approximate surface area is 103 Å². The Bertz CT molecular complexity index is 639. The summed E-state index contributed by atoms with van der Waals surface area (Å²) in [6, 6.07) is 0. The second kappa shape index (κ2) is 4.46. The number of aryl methyl sites for hydroxylation is 3. The molecule has 1 N–H and O–H groups in total. The van der Waals surface area contributed by atoms with E-state index in [1.165, 1.54) is 4.68 Å². The molecular weight excluding hydrogens is 260 g/mol. The minimum Gasteiger partial charge on any atom is -0.360 e. The van der Waals surface area contributed by atoms with Crippen LogP contribution < -0.4 is 4.72 Å². The average molecular weight is 272 g/mol. The second-order valence-electron chi connectivity index (χ2n) is 3.70. The number of hydrogen-bond acceptors (Lipinski definition) is 7. The fourth-order valence-electron chi connectivity index (χ4n) is 1.49. The van der Waals surface area contributed by atoms with Crippen LogP contribution in [0.4, 0.5) is 0 Å². The zero-order valence-corrected chi connectivity index (χ0v) is 10.9. The highest BCUT2D eigenvalue weighted by molar-refractivity contribution is 7.89. The zero-order chi connectivity index (χ0) is 13.3. The lowest BCUT2D eigenvalue weighted by Gasteiger charge is -2.04. The van der Waals surface area contributed by atoms with Gasteiger partial charge in [-0.2, -0.15) is 0 Å². The van der Waals surface area contributed by atoms with E-state index in [0.717, 1.165) is 0 Å². The van der Waals surface area contributed by atoms with Crippen LogP contribution in [0.15, 0.2) is 9.42 Å². The van der Waals surface area contributed by atoms with Gasteiger partial charge >= 0.3 is 0 Å². The molecule has 2 heterocycles. The third-order valence-electron chi connectivity index (χ3n) is 2.36. The molecule has 0 atom stereocenters. The number of rotatable bonds is 4. The maximum Gasteiger partial charge on any atom is 0.246 e. The first-order valence-electron chi connectivity index (χ1n) is 5.05. The molecule has 10 heteroatoms. The van der Waals surface area contributed by atoms with E-state index in [2.05, 4.69) is 25.4 Å². The van der Waals surface area contributed by atoms with Gasteiger partial charge < -0.3 is 4.52 Å². The van der Waals surface area contributed by atoms with Gasteiger partial charge in [0.05, 0.1) is 6.54 Å². The van der Waals surface area contributed by atoms with Crippen LogP contribution in [0.25, 0.3) is 0 Å². The van der Waals surface area contributed by atoms with Crippen molar-refractivity contribution in [3.05, 3.63) is 17.3 Å². The summed E-state index contributed by atoms with van der Waals surface area (Å²) < 4.78 is 32.7. The van der Waals surface area contributed by atoms with E-state index in [9.17, 15) is 8.42 Å². The fourth-order valence-corrected chi connectivity index (χ4v) is 2.79. The molecule has 0 bridgehead atoms. The largest absolute Gasteiger partial charge is 0.360 e. The van der Waals surface area contributed by atoms with Crippen LogP contribution in [0.2, 0.25) is 0 Å². The lowest BCUT2D eigenvalue weighted by molar-refractivity contribution is 0.390. The molecule has 0 aliphatic rings. The van der Waals surface area contributed by atoms with Crippen LogP contribution in [0.1, 0.15) is 17.3 Å². The first kappa shape index (κ1) is 12.6. The fraction of sp³-hybridized carbons (Fsp3) is 0.500. The van der Waals surface area contributed by atoms with Crippen LogP contribution in [0, 0.1) is 13.8 Å². The van der Waals surface area contributed by atoms with Gasteiger partial charge in [-0.1, -0.05) is 5.16 Å². The summed E-state index contributed by atoms with van der Waals surface area (Å²) in [5, 5.41) is 14.3. The van der Waals surface area contributed by atoms with Crippen LogP contribution >= 0.6 is 0 Å². The molecule has 0 fully saturated rings. The topological polar surface area (TPSA) is 116 Å². The van der Waals surface area contributed by atoms with Crippen molar-refractivity contribution in [1.82, 2.24) is 30.1 Å². The van der Waals surface area contributed by atoms with Crippen molar-refractivity contribution in [2.45, 2.75) is 25.3 Å². The minimum atomic E-state index is -3.69. The highest BCUT2D eigenvalue weighted by Gasteiger charge is 2.24. The van der Waals surface area contributed by atoms with E-state index in [4.69, 9.17) is 4.52 Å². The van der Waals surface area contributed by atoms with Gasteiger partial charge in [0.2, 0.25) is 10.0 Å².